The Morgan fingerprint density at radius 3 is 2.40 bits per heavy atom. The fourth-order valence-electron chi connectivity index (χ4n) is 4.68. The SMILES string of the molecule is Cc1ccc(N2C3=C(C=C4C(=O)c5cc(C)ccc5OC42)C(=O)CC(C)(C)C3)cc1. The predicted octanol–water partition coefficient (Wildman–Crippen LogP) is 5.29. The lowest BCUT2D eigenvalue weighted by Gasteiger charge is -2.45. The molecule has 152 valence electrons. The van der Waals surface area contributed by atoms with E-state index < -0.39 is 6.23 Å². The number of fused-ring (bicyclic) bond motifs is 2. The van der Waals surface area contributed by atoms with Crippen molar-refractivity contribution in [1.29, 1.82) is 0 Å². The molecule has 0 radical (unpaired) electrons. The van der Waals surface area contributed by atoms with Crippen molar-refractivity contribution >= 4 is 17.3 Å². The molecule has 0 amide bonds. The molecular weight excluding hydrogens is 374 g/mol. The predicted molar refractivity (Wildman–Crippen MR) is 117 cm³/mol. The van der Waals surface area contributed by atoms with Crippen molar-refractivity contribution in [2.45, 2.75) is 46.8 Å². The van der Waals surface area contributed by atoms with E-state index in [1.807, 2.05) is 56.3 Å². The Kier molecular flexibility index (Phi) is 4.04. The summed E-state index contributed by atoms with van der Waals surface area (Å²) in [5.41, 5.74) is 5.63. The highest BCUT2D eigenvalue weighted by Gasteiger charge is 2.45. The Balaban J connectivity index is 1.72. The van der Waals surface area contributed by atoms with Crippen molar-refractivity contribution in [3.05, 3.63) is 82.1 Å². The highest BCUT2D eigenvalue weighted by Crippen LogP contribution is 2.46. The van der Waals surface area contributed by atoms with Crippen LogP contribution >= 0.6 is 0 Å². The fourth-order valence-corrected chi connectivity index (χ4v) is 4.68. The van der Waals surface area contributed by atoms with Crippen LogP contribution < -0.4 is 9.64 Å². The third kappa shape index (κ3) is 2.90. The van der Waals surface area contributed by atoms with E-state index in [9.17, 15) is 9.59 Å². The molecular formula is C26H25NO3. The number of ketones is 2. The van der Waals surface area contributed by atoms with Gasteiger partial charge in [-0.2, -0.15) is 0 Å². The maximum Gasteiger partial charge on any atom is 0.206 e. The molecule has 4 nitrogen and oxygen atoms in total. The maximum atomic E-state index is 13.4. The highest BCUT2D eigenvalue weighted by molar-refractivity contribution is 6.15. The van der Waals surface area contributed by atoms with E-state index in [-0.39, 0.29) is 17.0 Å². The summed E-state index contributed by atoms with van der Waals surface area (Å²) in [5, 5.41) is 0. The van der Waals surface area contributed by atoms with Crippen molar-refractivity contribution in [2.75, 3.05) is 4.90 Å². The van der Waals surface area contributed by atoms with Crippen LogP contribution in [0.25, 0.3) is 0 Å². The van der Waals surface area contributed by atoms with Crippen molar-refractivity contribution in [2.24, 2.45) is 5.41 Å². The summed E-state index contributed by atoms with van der Waals surface area (Å²) in [6, 6.07) is 13.8. The van der Waals surface area contributed by atoms with E-state index >= 15 is 0 Å². The van der Waals surface area contributed by atoms with Crippen LogP contribution in [0.2, 0.25) is 0 Å². The van der Waals surface area contributed by atoms with Gasteiger partial charge in [0.15, 0.2) is 11.6 Å². The number of benzene rings is 2. The zero-order chi connectivity index (χ0) is 21.2. The number of rotatable bonds is 1. The minimum atomic E-state index is -0.573. The molecule has 4 heteroatoms. The molecule has 0 bridgehead atoms. The molecule has 2 aromatic carbocycles. The van der Waals surface area contributed by atoms with Crippen molar-refractivity contribution in [3.63, 3.8) is 0 Å². The van der Waals surface area contributed by atoms with Gasteiger partial charge < -0.3 is 9.64 Å². The minimum Gasteiger partial charge on any atom is -0.465 e. The van der Waals surface area contributed by atoms with Crippen LogP contribution in [0.15, 0.2) is 65.4 Å². The Morgan fingerprint density at radius 1 is 0.967 bits per heavy atom. The van der Waals surface area contributed by atoms with Crippen LogP contribution in [-0.2, 0) is 4.79 Å². The summed E-state index contributed by atoms with van der Waals surface area (Å²) in [5.74, 6) is 0.619. The van der Waals surface area contributed by atoms with Gasteiger partial charge in [0, 0.05) is 23.4 Å². The van der Waals surface area contributed by atoms with Gasteiger partial charge in [0.1, 0.15) is 5.75 Å². The summed E-state index contributed by atoms with van der Waals surface area (Å²) in [6.07, 6.45) is 2.44. The van der Waals surface area contributed by atoms with Crippen molar-refractivity contribution in [3.8, 4) is 5.75 Å². The quantitative estimate of drug-likeness (QED) is 0.653. The Morgan fingerprint density at radius 2 is 1.67 bits per heavy atom. The smallest absolute Gasteiger partial charge is 0.206 e. The number of hydrogen-bond donors (Lipinski definition) is 0. The van der Waals surface area contributed by atoms with Gasteiger partial charge in [0.25, 0.3) is 0 Å². The van der Waals surface area contributed by atoms with E-state index in [0.29, 0.717) is 28.9 Å². The number of aryl methyl sites for hydroxylation is 2. The first-order valence-electron chi connectivity index (χ1n) is 10.4. The molecule has 0 aromatic heterocycles. The lowest BCUT2D eigenvalue weighted by atomic mass is 9.73. The molecule has 1 atom stereocenters. The van der Waals surface area contributed by atoms with E-state index in [1.54, 1.807) is 6.08 Å². The number of Topliss-reactive ketones (excluding diaryl/α,β-unsaturated/α-hetero) is 2. The van der Waals surface area contributed by atoms with E-state index in [0.717, 1.165) is 28.9 Å². The van der Waals surface area contributed by atoms with Crippen LogP contribution in [0.3, 0.4) is 0 Å². The van der Waals surface area contributed by atoms with Crippen LogP contribution in [-0.4, -0.2) is 17.8 Å². The van der Waals surface area contributed by atoms with Gasteiger partial charge >= 0.3 is 0 Å². The van der Waals surface area contributed by atoms with Gasteiger partial charge in [-0.1, -0.05) is 43.2 Å². The molecule has 2 aromatic rings. The van der Waals surface area contributed by atoms with Crippen LogP contribution in [0.5, 0.6) is 5.75 Å². The maximum absolute atomic E-state index is 13.4. The summed E-state index contributed by atoms with van der Waals surface area (Å²) in [7, 11) is 0. The molecule has 5 rings (SSSR count). The number of carbonyl (C=O) groups is 2. The largest absolute Gasteiger partial charge is 0.465 e. The Bertz CT molecular complexity index is 1150. The molecule has 0 N–H and O–H groups in total. The molecule has 1 aliphatic carbocycles. The topological polar surface area (TPSA) is 46.6 Å². The summed E-state index contributed by atoms with van der Waals surface area (Å²) in [4.78, 5) is 28.6. The minimum absolute atomic E-state index is 0.0637. The second-order valence-corrected chi connectivity index (χ2v) is 9.41. The number of nitrogens with zero attached hydrogens (tertiary/aromatic N) is 1. The molecule has 0 spiro atoms. The zero-order valence-corrected chi connectivity index (χ0v) is 17.8. The summed E-state index contributed by atoms with van der Waals surface area (Å²) >= 11 is 0. The fraction of sp³-hybridized carbons (Fsp3) is 0.308. The molecule has 0 fully saturated rings. The van der Waals surface area contributed by atoms with E-state index in [1.165, 1.54) is 0 Å². The van der Waals surface area contributed by atoms with Gasteiger partial charge in [-0.05, 0) is 56.0 Å². The molecule has 3 aliphatic rings. The van der Waals surface area contributed by atoms with Crippen molar-refractivity contribution < 1.29 is 14.3 Å². The lowest BCUT2D eigenvalue weighted by molar-refractivity contribution is -0.117. The first-order valence-corrected chi connectivity index (χ1v) is 10.4. The summed E-state index contributed by atoms with van der Waals surface area (Å²) < 4.78 is 6.40. The van der Waals surface area contributed by atoms with E-state index in [2.05, 4.69) is 18.7 Å². The van der Waals surface area contributed by atoms with Crippen LogP contribution in [0.1, 0.15) is 48.2 Å². The Labute approximate surface area is 176 Å². The number of ether oxygens (including phenoxy) is 1. The molecule has 2 heterocycles. The second kappa shape index (κ2) is 6.43. The van der Waals surface area contributed by atoms with Crippen LogP contribution in [0, 0.1) is 19.3 Å². The second-order valence-electron chi connectivity index (χ2n) is 9.41. The highest BCUT2D eigenvalue weighted by atomic mass is 16.5. The lowest BCUT2D eigenvalue weighted by Crippen LogP contribution is -2.49. The third-order valence-corrected chi connectivity index (χ3v) is 6.18. The number of allylic oxidation sites excluding steroid dienone is 3. The number of carbonyl (C=O) groups excluding carboxylic acids is 2. The van der Waals surface area contributed by atoms with Gasteiger partial charge in [0.05, 0.1) is 11.1 Å². The molecule has 0 saturated carbocycles. The Hall–Kier alpha value is -3.14. The zero-order valence-electron chi connectivity index (χ0n) is 17.8. The van der Waals surface area contributed by atoms with Gasteiger partial charge in [-0.25, -0.2) is 0 Å². The van der Waals surface area contributed by atoms with Crippen LogP contribution in [0.4, 0.5) is 5.69 Å². The molecule has 30 heavy (non-hydrogen) atoms. The monoisotopic (exact) mass is 399 g/mol. The van der Waals surface area contributed by atoms with Gasteiger partial charge in [0.2, 0.25) is 6.23 Å². The van der Waals surface area contributed by atoms with Gasteiger partial charge in [-0.15, -0.1) is 0 Å². The van der Waals surface area contributed by atoms with E-state index in [4.69, 9.17) is 4.74 Å². The number of hydrogen-bond acceptors (Lipinski definition) is 4. The molecule has 0 saturated heterocycles. The third-order valence-electron chi connectivity index (χ3n) is 6.18. The van der Waals surface area contributed by atoms with Crippen molar-refractivity contribution in [1.82, 2.24) is 0 Å². The number of anilines is 1. The first kappa shape index (κ1) is 18.9. The normalized spacial score (nSPS) is 22.1. The summed E-state index contributed by atoms with van der Waals surface area (Å²) in [6.45, 7) is 8.24. The standard InChI is InChI=1S/C26H25NO3/c1-15-5-8-17(9-6-15)27-21-13-26(3,4)14-22(28)18(21)12-20-24(29)19-11-16(2)7-10-23(19)30-25(20)27/h5-12,25H,13-14H2,1-4H3. The average Bonchev–Trinajstić information content (AvgIpc) is 2.68. The molecule has 2 aliphatic heterocycles. The first-order chi connectivity index (χ1) is 14.2. The van der Waals surface area contributed by atoms with Gasteiger partial charge in [-0.3, -0.25) is 9.59 Å². The molecule has 1 unspecified atom stereocenters. The average molecular weight is 399 g/mol.